The molecule has 0 saturated carbocycles. The highest BCUT2D eigenvalue weighted by atomic mass is 32.2. The van der Waals surface area contributed by atoms with Gasteiger partial charge in [-0.2, -0.15) is 5.10 Å². The van der Waals surface area contributed by atoms with E-state index in [2.05, 4.69) is 10.2 Å². The molecule has 1 saturated heterocycles. The van der Waals surface area contributed by atoms with Crippen LogP contribution in [0.5, 0.6) is 5.75 Å². The van der Waals surface area contributed by atoms with Crippen LogP contribution in [0.2, 0.25) is 0 Å². The van der Waals surface area contributed by atoms with Crippen molar-refractivity contribution in [2.75, 3.05) is 12.0 Å². The van der Waals surface area contributed by atoms with Crippen LogP contribution in [0.25, 0.3) is 0 Å². The number of methoxy groups -OCH3 is 1. The summed E-state index contributed by atoms with van der Waals surface area (Å²) < 4.78 is 18.7. The molecule has 150 valence electrons. The van der Waals surface area contributed by atoms with Crippen molar-refractivity contribution in [2.24, 2.45) is 15.9 Å². The lowest BCUT2D eigenvalue weighted by Crippen LogP contribution is -2.31. The lowest BCUT2D eigenvalue weighted by molar-refractivity contribution is -0.121. The predicted octanol–water partition coefficient (Wildman–Crippen LogP) is 2.94. The molecule has 0 spiro atoms. The molecule has 2 amide bonds. The number of amides is 2. The lowest BCUT2D eigenvalue weighted by Gasteiger charge is -2.14. The molecule has 1 aliphatic rings. The molecular formula is C20H19FN4O3S. The summed E-state index contributed by atoms with van der Waals surface area (Å²) in [4.78, 5) is 26.0. The van der Waals surface area contributed by atoms with Crippen LogP contribution in [0, 0.1) is 5.82 Å². The zero-order valence-electron chi connectivity index (χ0n) is 15.8. The van der Waals surface area contributed by atoms with E-state index in [1.54, 1.807) is 43.3 Å². The number of hydrogen-bond donors (Lipinski definition) is 1. The average Bonchev–Trinajstić information content (AvgIpc) is 2.99. The molecule has 3 rings (SSSR count). The van der Waals surface area contributed by atoms with Crippen molar-refractivity contribution >= 4 is 40.1 Å². The number of nitrogens with two attached hydrogens (primary N) is 1. The number of ether oxygens (including phenoxy) is 1. The second-order valence-electron chi connectivity index (χ2n) is 6.19. The highest BCUT2D eigenvalue weighted by Crippen LogP contribution is 2.29. The van der Waals surface area contributed by atoms with Gasteiger partial charge in [0.15, 0.2) is 16.7 Å². The standard InChI is InChI=1S/C20H19FN4O3S/c1-12(13-8-9-16(28-2)15(21)10-13)23-24-20(22)29-17-11-18(26)25(19(17)27)14-6-4-3-5-7-14/h3-10,17H,11H2,1-2H3,(H2,22,24)/b23-12+. The summed E-state index contributed by atoms with van der Waals surface area (Å²) in [6.07, 6.45) is 0.0288. The largest absolute Gasteiger partial charge is 0.494 e. The molecule has 0 aliphatic carbocycles. The van der Waals surface area contributed by atoms with Crippen molar-refractivity contribution in [2.45, 2.75) is 18.6 Å². The molecule has 0 radical (unpaired) electrons. The molecule has 1 unspecified atom stereocenters. The van der Waals surface area contributed by atoms with Gasteiger partial charge in [0.1, 0.15) is 5.25 Å². The van der Waals surface area contributed by atoms with Gasteiger partial charge in [0.25, 0.3) is 0 Å². The van der Waals surface area contributed by atoms with E-state index in [9.17, 15) is 14.0 Å². The third kappa shape index (κ3) is 4.62. The number of para-hydroxylation sites is 1. The van der Waals surface area contributed by atoms with Crippen molar-refractivity contribution in [1.29, 1.82) is 0 Å². The first kappa shape index (κ1) is 20.5. The number of anilines is 1. The number of benzene rings is 2. The lowest BCUT2D eigenvalue weighted by atomic mass is 10.1. The summed E-state index contributed by atoms with van der Waals surface area (Å²) in [5, 5.41) is 7.27. The summed E-state index contributed by atoms with van der Waals surface area (Å²) in [7, 11) is 1.38. The van der Waals surface area contributed by atoms with Gasteiger partial charge in [-0.25, -0.2) is 9.29 Å². The molecule has 29 heavy (non-hydrogen) atoms. The van der Waals surface area contributed by atoms with Gasteiger partial charge in [-0.1, -0.05) is 30.0 Å². The molecule has 1 aliphatic heterocycles. The van der Waals surface area contributed by atoms with Crippen LogP contribution >= 0.6 is 11.8 Å². The maximum Gasteiger partial charge on any atom is 0.247 e. The van der Waals surface area contributed by atoms with E-state index in [1.807, 2.05) is 0 Å². The maximum atomic E-state index is 13.8. The molecule has 2 aromatic rings. The van der Waals surface area contributed by atoms with Gasteiger partial charge >= 0.3 is 0 Å². The predicted molar refractivity (Wildman–Crippen MR) is 112 cm³/mol. The Morgan fingerprint density at radius 2 is 1.93 bits per heavy atom. The highest BCUT2D eigenvalue weighted by molar-refractivity contribution is 8.14. The second-order valence-corrected chi connectivity index (χ2v) is 7.41. The fourth-order valence-corrected chi connectivity index (χ4v) is 3.60. The van der Waals surface area contributed by atoms with E-state index in [0.29, 0.717) is 17.0 Å². The monoisotopic (exact) mass is 414 g/mol. The number of amidine groups is 1. The quantitative estimate of drug-likeness (QED) is 0.351. The van der Waals surface area contributed by atoms with Crippen LogP contribution in [0.1, 0.15) is 18.9 Å². The van der Waals surface area contributed by atoms with Crippen LogP contribution in [-0.2, 0) is 9.59 Å². The molecule has 7 nitrogen and oxygen atoms in total. The van der Waals surface area contributed by atoms with Gasteiger partial charge in [-0.15, -0.1) is 5.10 Å². The second kappa shape index (κ2) is 8.87. The molecule has 2 N–H and O–H groups in total. The van der Waals surface area contributed by atoms with Crippen LogP contribution in [0.4, 0.5) is 10.1 Å². The Morgan fingerprint density at radius 3 is 2.59 bits per heavy atom. The van der Waals surface area contributed by atoms with E-state index < -0.39 is 11.1 Å². The number of hydrogen-bond acceptors (Lipinski definition) is 6. The fraction of sp³-hybridized carbons (Fsp3) is 0.200. The Labute approximate surface area is 171 Å². The number of thioether (sulfide) groups is 1. The summed E-state index contributed by atoms with van der Waals surface area (Å²) in [5.41, 5.74) is 7.36. The van der Waals surface area contributed by atoms with E-state index in [0.717, 1.165) is 16.7 Å². The minimum atomic E-state index is -0.666. The molecular weight excluding hydrogens is 395 g/mol. The number of rotatable bonds is 5. The zero-order valence-corrected chi connectivity index (χ0v) is 16.6. The first-order valence-electron chi connectivity index (χ1n) is 8.71. The summed E-state index contributed by atoms with van der Waals surface area (Å²) in [6, 6.07) is 13.1. The summed E-state index contributed by atoms with van der Waals surface area (Å²) in [6.45, 7) is 1.66. The number of carbonyl (C=O) groups excluding carboxylic acids is 2. The minimum Gasteiger partial charge on any atom is -0.494 e. The molecule has 1 heterocycles. The smallest absolute Gasteiger partial charge is 0.247 e. The van der Waals surface area contributed by atoms with E-state index in [4.69, 9.17) is 10.5 Å². The molecule has 2 aromatic carbocycles. The van der Waals surface area contributed by atoms with Gasteiger partial charge in [0, 0.05) is 12.0 Å². The Morgan fingerprint density at radius 1 is 1.21 bits per heavy atom. The van der Waals surface area contributed by atoms with Crippen molar-refractivity contribution in [3.05, 3.63) is 59.9 Å². The van der Waals surface area contributed by atoms with Crippen LogP contribution in [0.15, 0.2) is 58.7 Å². The van der Waals surface area contributed by atoms with Gasteiger partial charge in [0.05, 0.1) is 18.5 Å². The van der Waals surface area contributed by atoms with Gasteiger partial charge in [-0.3, -0.25) is 9.59 Å². The maximum absolute atomic E-state index is 13.8. The van der Waals surface area contributed by atoms with Gasteiger partial charge in [0.2, 0.25) is 11.8 Å². The van der Waals surface area contributed by atoms with Crippen molar-refractivity contribution in [3.8, 4) is 5.75 Å². The van der Waals surface area contributed by atoms with Crippen LogP contribution < -0.4 is 15.4 Å². The zero-order chi connectivity index (χ0) is 21.0. The number of halogens is 1. The van der Waals surface area contributed by atoms with Gasteiger partial charge < -0.3 is 10.5 Å². The molecule has 1 atom stereocenters. The average molecular weight is 414 g/mol. The number of imide groups is 1. The van der Waals surface area contributed by atoms with E-state index in [-0.39, 0.29) is 29.2 Å². The van der Waals surface area contributed by atoms with Crippen LogP contribution in [-0.4, -0.2) is 35.1 Å². The Bertz CT molecular complexity index is 994. The molecule has 0 aromatic heterocycles. The van der Waals surface area contributed by atoms with Crippen molar-refractivity contribution in [1.82, 2.24) is 0 Å². The fourth-order valence-electron chi connectivity index (χ4n) is 2.79. The third-order valence-electron chi connectivity index (χ3n) is 4.25. The Kier molecular flexibility index (Phi) is 6.28. The van der Waals surface area contributed by atoms with Gasteiger partial charge in [-0.05, 0) is 37.3 Å². The number of nitrogens with zero attached hydrogens (tertiary/aromatic N) is 3. The summed E-state index contributed by atoms with van der Waals surface area (Å²) in [5.74, 6) is -1.02. The first-order valence-corrected chi connectivity index (χ1v) is 9.58. The van der Waals surface area contributed by atoms with E-state index in [1.165, 1.54) is 19.2 Å². The molecule has 0 bridgehead atoms. The first-order chi connectivity index (χ1) is 13.9. The van der Waals surface area contributed by atoms with E-state index >= 15 is 0 Å². The van der Waals surface area contributed by atoms with Crippen molar-refractivity contribution < 1.29 is 18.7 Å². The molecule has 1 fully saturated rings. The normalized spacial score (nSPS) is 17.8. The third-order valence-corrected chi connectivity index (χ3v) is 5.23. The molecule has 9 heteroatoms. The van der Waals surface area contributed by atoms with Crippen LogP contribution in [0.3, 0.4) is 0 Å². The number of carbonyl (C=O) groups is 2. The topological polar surface area (TPSA) is 97.3 Å². The SMILES string of the molecule is COc1ccc(/C(C)=N/N=C(N)SC2CC(=O)N(c3ccccc3)C2=O)cc1F. The Balaban J connectivity index is 1.69. The summed E-state index contributed by atoms with van der Waals surface area (Å²) >= 11 is 0.978. The van der Waals surface area contributed by atoms with Crippen molar-refractivity contribution in [3.63, 3.8) is 0 Å². The minimum absolute atomic E-state index is 0.0288. The Hall–Kier alpha value is -3.20. The highest BCUT2D eigenvalue weighted by Gasteiger charge is 2.40.